The first-order valence-electron chi connectivity index (χ1n) is 10.1. The Kier molecular flexibility index (Phi) is 6.52. The number of likely N-dealkylation sites (tertiary alicyclic amines) is 1. The van der Waals surface area contributed by atoms with Gasteiger partial charge in [-0.25, -0.2) is 0 Å². The van der Waals surface area contributed by atoms with Gasteiger partial charge in [-0.2, -0.15) is 0 Å². The number of nitrogens with one attached hydrogen (secondary N) is 1. The first-order chi connectivity index (χ1) is 14.0. The maximum Gasteiger partial charge on any atom is 0.318 e. The smallest absolute Gasteiger partial charge is 0.318 e. The van der Waals surface area contributed by atoms with Crippen LogP contribution in [0, 0.1) is 11.3 Å². The van der Waals surface area contributed by atoms with Gasteiger partial charge >= 0.3 is 5.97 Å². The van der Waals surface area contributed by atoms with Gasteiger partial charge in [0.1, 0.15) is 5.41 Å². The van der Waals surface area contributed by atoms with Gasteiger partial charge in [-0.15, -0.1) is 6.58 Å². The first-order valence-corrected chi connectivity index (χ1v) is 10.1. The molecule has 1 aliphatic carbocycles. The number of carbonyl (C=O) groups excluding carboxylic acids is 3. The molecule has 0 radical (unpaired) electrons. The third-order valence-electron chi connectivity index (χ3n) is 5.69. The predicted octanol–water partition coefficient (Wildman–Crippen LogP) is 2.95. The van der Waals surface area contributed by atoms with Gasteiger partial charge in [0.15, 0.2) is 0 Å². The molecular weight excluding hydrogens is 368 g/mol. The Balaban J connectivity index is 1.85. The lowest BCUT2D eigenvalue weighted by molar-refractivity contribution is -0.158. The van der Waals surface area contributed by atoms with Gasteiger partial charge in [-0.05, 0) is 31.7 Å². The number of fused-ring (bicyclic) bond motifs is 1. The summed E-state index contributed by atoms with van der Waals surface area (Å²) in [5.74, 6) is -1.63. The molecule has 0 aromatic heterocycles. The summed E-state index contributed by atoms with van der Waals surface area (Å²) in [4.78, 5) is 40.6. The summed E-state index contributed by atoms with van der Waals surface area (Å²) in [6.07, 6.45) is 5.62. The molecule has 3 rings (SSSR count). The molecule has 0 bridgehead atoms. The minimum atomic E-state index is -1.08. The fraction of sp³-hybridized carbons (Fsp3) is 0.435. The average molecular weight is 396 g/mol. The second kappa shape index (κ2) is 9.07. The Morgan fingerprint density at radius 1 is 1.34 bits per heavy atom. The van der Waals surface area contributed by atoms with E-state index in [1.807, 2.05) is 36.4 Å². The van der Waals surface area contributed by atoms with Crippen LogP contribution in [0.2, 0.25) is 0 Å². The lowest BCUT2D eigenvalue weighted by Crippen LogP contribution is -2.43. The second-order valence-corrected chi connectivity index (χ2v) is 7.43. The molecule has 2 atom stereocenters. The number of rotatable bonds is 8. The standard InChI is InChI=1S/C23H28N2O4/c1-3-14-25-19-12-8-9-13-23(19,22(28)29-4-2)18(21(25)27)15-20(26)24-16-17-10-6-5-7-11-17/h3,5-7,10-12,18H,1,4,8-9,13-16H2,2H3,(H,24,26)/t18-,23-/m0/s1. The Morgan fingerprint density at radius 2 is 2.10 bits per heavy atom. The van der Waals surface area contributed by atoms with Crippen LogP contribution in [0.5, 0.6) is 0 Å². The maximum absolute atomic E-state index is 13.2. The molecule has 1 aliphatic heterocycles. The van der Waals surface area contributed by atoms with Crippen LogP contribution in [0.4, 0.5) is 0 Å². The first kappa shape index (κ1) is 20.8. The van der Waals surface area contributed by atoms with Crippen LogP contribution in [0.25, 0.3) is 0 Å². The second-order valence-electron chi connectivity index (χ2n) is 7.43. The highest BCUT2D eigenvalue weighted by atomic mass is 16.5. The third kappa shape index (κ3) is 3.97. The van der Waals surface area contributed by atoms with E-state index in [4.69, 9.17) is 4.74 Å². The lowest BCUT2D eigenvalue weighted by Gasteiger charge is -2.35. The van der Waals surface area contributed by atoms with Crippen LogP contribution in [-0.2, 0) is 25.7 Å². The summed E-state index contributed by atoms with van der Waals surface area (Å²) in [6, 6.07) is 9.58. The molecule has 1 N–H and O–H groups in total. The molecule has 29 heavy (non-hydrogen) atoms. The van der Waals surface area contributed by atoms with Crippen molar-refractivity contribution in [1.82, 2.24) is 10.2 Å². The zero-order valence-corrected chi connectivity index (χ0v) is 16.9. The number of benzene rings is 1. The number of hydrogen-bond acceptors (Lipinski definition) is 4. The quantitative estimate of drug-likeness (QED) is 0.541. The maximum atomic E-state index is 13.2. The van der Waals surface area contributed by atoms with E-state index in [0.29, 0.717) is 25.2 Å². The monoisotopic (exact) mass is 396 g/mol. The van der Waals surface area contributed by atoms with Crippen molar-refractivity contribution < 1.29 is 19.1 Å². The SMILES string of the molecule is C=CCN1C(=O)[C@H](CC(=O)NCc2ccccc2)[C@@]2(C(=O)OCC)CCCC=C12. The van der Waals surface area contributed by atoms with Crippen molar-refractivity contribution in [2.24, 2.45) is 11.3 Å². The number of amides is 2. The molecule has 1 aromatic carbocycles. The molecular formula is C23H28N2O4. The van der Waals surface area contributed by atoms with Gasteiger partial charge in [0, 0.05) is 25.2 Å². The fourth-order valence-corrected chi connectivity index (χ4v) is 4.39. The molecule has 1 aromatic rings. The topological polar surface area (TPSA) is 75.7 Å². The Morgan fingerprint density at radius 3 is 2.79 bits per heavy atom. The normalized spacial score (nSPS) is 23.2. The minimum absolute atomic E-state index is 0.0462. The van der Waals surface area contributed by atoms with Gasteiger partial charge in [0.05, 0.1) is 12.5 Å². The number of carbonyl (C=O) groups is 3. The van der Waals surface area contributed by atoms with E-state index in [-0.39, 0.29) is 24.8 Å². The van der Waals surface area contributed by atoms with E-state index in [0.717, 1.165) is 18.4 Å². The Labute approximate surface area is 171 Å². The molecule has 2 aliphatic rings. The fourth-order valence-electron chi connectivity index (χ4n) is 4.39. The van der Waals surface area contributed by atoms with Crippen LogP contribution in [0.3, 0.4) is 0 Å². The molecule has 6 heteroatoms. The van der Waals surface area contributed by atoms with Gasteiger partial charge in [0.25, 0.3) is 0 Å². The van der Waals surface area contributed by atoms with E-state index in [9.17, 15) is 14.4 Å². The number of allylic oxidation sites excluding steroid dienone is 1. The zero-order valence-electron chi connectivity index (χ0n) is 16.9. The largest absolute Gasteiger partial charge is 0.465 e. The van der Waals surface area contributed by atoms with E-state index >= 15 is 0 Å². The Bertz CT molecular complexity index is 817. The van der Waals surface area contributed by atoms with Crippen LogP contribution >= 0.6 is 0 Å². The highest BCUT2D eigenvalue weighted by Gasteiger charge is 2.61. The minimum Gasteiger partial charge on any atom is -0.465 e. The van der Waals surface area contributed by atoms with E-state index in [2.05, 4.69) is 11.9 Å². The van der Waals surface area contributed by atoms with E-state index in [1.54, 1.807) is 17.9 Å². The molecule has 2 amide bonds. The summed E-state index contributed by atoms with van der Waals surface area (Å²) in [5, 5.41) is 2.88. The zero-order chi connectivity index (χ0) is 20.9. The summed E-state index contributed by atoms with van der Waals surface area (Å²) in [6.45, 7) is 6.41. The molecule has 0 spiro atoms. The lowest BCUT2D eigenvalue weighted by atomic mass is 9.68. The molecule has 0 unspecified atom stereocenters. The van der Waals surface area contributed by atoms with Crippen LogP contribution < -0.4 is 5.32 Å². The van der Waals surface area contributed by atoms with Crippen LogP contribution in [0.15, 0.2) is 54.8 Å². The summed E-state index contributed by atoms with van der Waals surface area (Å²) >= 11 is 0. The number of nitrogens with zero attached hydrogens (tertiary/aromatic N) is 1. The van der Waals surface area contributed by atoms with Crippen molar-refractivity contribution in [2.45, 2.75) is 39.2 Å². The van der Waals surface area contributed by atoms with Gasteiger partial charge in [-0.3, -0.25) is 14.4 Å². The van der Waals surface area contributed by atoms with Gasteiger partial charge in [-0.1, -0.05) is 42.5 Å². The highest BCUT2D eigenvalue weighted by Crippen LogP contribution is 2.53. The molecule has 1 fully saturated rings. The average Bonchev–Trinajstić information content (AvgIpc) is 2.97. The summed E-state index contributed by atoms with van der Waals surface area (Å²) in [7, 11) is 0. The molecule has 154 valence electrons. The van der Waals surface area contributed by atoms with Crippen molar-refractivity contribution in [3.8, 4) is 0 Å². The van der Waals surface area contributed by atoms with Crippen molar-refractivity contribution in [3.05, 3.63) is 60.3 Å². The van der Waals surface area contributed by atoms with Crippen LogP contribution in [0.1, 0.15) is 38.2 Å². The van der Waals surface area contributed by atoms with Crippen molar-refractivity contribution in [3.63, 3.8) is 0 Å². The third-order valence-corrected chi connectivity index (χ3v) is 5.69. The Hall–Kier alpha value is -2.89. The van der Waals surface area contributed by atoms with E-state index < -0.39 is 17.3 Å². The molecule has 1 saturated heterocycles. The molecule has 0 saturated carbocycles. The van der Waals surface area contributed by atoms with Crippen molar-refractivity contribution in [1.29, 1.82) is 0 Å². The predicted molar refractivity (Wildman–Crippen MR) is 109 cm³/mol. The number of ether oxygens (including phenoxy) is 1. The van der Waals surface area contributed by atoms with Crippen molar-refractivity contribution in [2.75, 3.05) is 13.2 Å². The van der Waals surface area contributed by atoms with Crippen molar-refractivity contribution >= 4 is 17.8 Å². The van der Waals surface area contributed by atoms with Gasteiger partial charge in [0.2, 0.25) is 11.8 Å². The number of hydrogen-bond donors (Lipinski definition) is 1. The van der Waals surface area contributed by atoms with Crippen LogP contribution in [-0.4, -0.2) is 35.8 Å². The number of esters is 1. The molecule has 1 heterocycles. The van der Waals surface area contributed by atoms with E-state index in [1.165, 1.54) is 0 Å². The highest BCUT2D eigenvalue weighted by molar-refractivity contribution is 5.99. The molecule has 6 nitrogen and oxygen atoms in total. The summed E-state index contributed by atoms with van der Waals surface area (Å²) in [5.41, 5.74) is 0.566. The summed E-state index contributed by atoms with van der Waals surface area (Å²) < 4.78 is 5.39. The van der Waals surface area contributed by atoms with Gasteiger partial charge < -0.3 is 15.0 Å².